The van der Waals surface area contributed by atoms with Gasteiger partial charge in [-0.05, 0) is 29.3 Å². The van der Waals surface area contributed by atoms with Gasteiger partial charge in [-0.2, -0.15) is 5.10 Å². The van der Waals surface area contributed by atoms with E-state index in [4.69, 9.17) is 11.5 Å². The molecule has 6 N–H and O–H groups in total. The number of nitrogen functional groups attached to an aromatic ring is 1. The Labute approximate surface area is 230 Å². The summed E-state index contributed by atoms with van der Waals surface area (Å²) in [6, 6.07) is 18.5. The van der Waals surface area contributed by atoms with Crippen LogP contribution >= 0.6 is 0 Å². The highest BCUT2D eigenvalue weighted by Crippen LogP contribution is 2.38. The van der Waals surface area contributed by atoms with E-state index < -0.39 is 6.03 Å². The molecule has 3 aromatic rings. The molecule has 2 atom stereocenters. The van der Waals surface area contributed by atoms with Gasteiger partial charge in [-0.3, -0.25) is 0 Å². The van der Waals surface area contributed by atoms with Gasteiger partial charge in [0.25, 0.3) is 0 Å². The number of rotatable bonds is 6. The van der Waals surface area contributed by atoms with Crippen LogP contribution in [0.1, 0.15) is 44.7 Å². The number of benzene rings is 2. The van der Waals surface area contributed by atoms with Crippen LogP contribution in [0.25, 0.3) is 11.8 Å². The van der Waals surface area contributed by atoms with E-state index in [-0.39, 0.29) is 11.8 Å². The first kappa shape index (κ1) is 27.6. The summed E-state index contributed by atoms with van der Waals surface area (Å²) in [7, 11) is 0. The zero-order valence-electron chi connectivity index (χ0n) is 22.9. The van der Waals surface area contributed by atoms with Crippen molar-refractivity contribution in [1.82, 2.24) is 20.4 Å². The molecule has 2 unspecified atom stereocenters. The SMILES string of the molecule is CC(C)NC(C)C.NC(=O)NC1=CC(C2C=Cc3ccccc32)C=CC1=Nc1cnn(-c2ccccc2)c1N. The summed E-state index contributed by atoms with van der Waals surface area (Å²) < 4.78 is 1.62. The molecular weight excluding hydrogens is 486 g/mol. The molecule has 0 saturated carbocycles. The average Bonchev–Trinajstić information content (AvgIpc) is 3.48. The summed E-state index contributed by atoms with van der Waals surface area (Å²) in [6.07, 6.45) is 11.9. The molecule has 0 fully saturated rings. The van der Waals surface area contributed by atoms with Crippen LogP contribution in [0.3, 0.4) is 0 Å². The molecule has 2 aromatic carbocycles. The fourth-order valence-electron chi connectivity index (χ4n) is 4.80. The first-order valence-corrected chi connectivity index (χ1v) is 13.2. The summed E-state index contributed by atoms with van der Waals surface area (Å²) >= 11 is 0. The largest absolute Gasteiger partial charge is 0.382 e. The number of aromatic nitrogens is 2. The smallest absolute Gasteiger partial charge is 0.316 e. The molecular formula is C31H37N7O. The van der Waals surface area contributed by atoms with Crippen molar-refractivity contribution in [2.45, 2.75) is 45.7 Å². The number of nitrogens with zero attached hydrogens (tertiary/aromatic N) is 3. The van der Waals surface area contributed by atoms with E-state index in [0.717, 1.165) is 5.69 Å². The molecule has 8 nitrogen and oxygen atoms in total. The Hall–Kier alpha value is -4.43. The molecule has 202 valence electrons. The third kappa shape index (κ3) is 6.91. The molecule has 0 radical (unpaired) electrons. The molecule has 2 aliphatic rings. The lowest BCUT2D eigenvalue weighted by Gasteiger charge is -2.23. The van der Waals surface area contributed by atoms with E-state index in [1.807, 2.05) is 54.6 Å². The van der Waals surface area contributed by atoms with Crippen molar-refractivity contribution in [3.63, 3.8) is 0 Å². The maximum atomic E-state index is 11.7. The molecule has 0 saturated heterocycles. The van der Waals surface area contributed by atoms with Gasteiger partial charge >= 0.3 is 6.03 Å². The second kappa shape index (κ2) is 12.4. The van der Waals surface area contributed by atoms with Crippen LogP contribution in [0, 0.1) is 5.92 Å². The van der Waals surface area contributed by atoms with Crippen molar-refractivity contribution in [3.8, 4) is 5.69 Å². The van der Waals surface area contributed by atoms with E-state index in [2.05, 4.69) is 78.8 Å². The fraction of sp³-hybridized carbons (Fsp3) is 0.258. The topological polar surface area (TPSA) is 123 Å². The van der Waals surface area contributed by atoms with Crippen LogP contribution < -0.4 is 22.1 Å². The van der Waals surface area contributed by atoms with Gasteiger partial charge in [0, 0.05) is 23.9 Å². The average molecular weight is 524 g/mol. The summed E-state index contributed by atoms with van der Waals surface area (Å²) in [5.74, 6) is 0.643. The summed E-state index contributed by atoms with van der Waals surface area (Å²) in [4.78, 5) is 16.4. The number of amides is 2. The number of urea groups is 1. The van der Waals surface area contributed by atoms with Crippen molar-refractivity contribution < 1.29 is 4.79 Å². The van der Waals surface area contributed by atoms with Crippen molar-refractivity contribution in [3.05, 3.63) is 102 Å². The van der Waals surface area contributed by atoms with Crippen LogP contribution in [0.5, 0.6) is 0 Å². The number of primary amides is 1. The maximum absolute atomic E-state index is 11.7. The number of nitrogens with one attached hydrogen (secondary N) is 2. The normalized spacial score (nSPS) is 18.6. The summed E-state index contributed by atoms with van der Waals surface area (Å²) in [5, 5.41) is 10.4. The highest BCUT2D eigenvalue weighted by molar-refractivity contribution is 6.12. The summed E-state index contributed by atoms with van der Waals surface area (Å²) in [5.41, 5.74) is 16.7. The van der Waals surface area contributed by atoms with E-state index in [1.54, 1.807) is 10.9 Å². The lowest BCUT2D eigenvalue weighted by Crippen LogP contribution is -2.33. The Morgan fingerprint density at radius 3 is 2.33 bits per heavy atom. The lowest BCUT2D eigenvalue weighted by molar-refractivity contribution is 0.251. The van der Waals surface area contributed by atoms with Crippen molar-refractivity contribution in [2.75, 3.05) is 5.73 Å². The Morgan fingerprint density at radius 2 is 1.67 bits per heavy atom. The van der Waals surface area contributed by atoms with Gasteiger partial charge in [0.2, 0.25) is 0 Å². The number of hydrogen-bond acceptors (Lipinski definition) is 5. The van der Waals surface area contributed by atoms with Gasteiger partial charge < -0.3 is 22.1 Å². The van der Waals surface area contributed by atoms with E-state index in [1.165, 1.54) is 11.1 Å². The minimum Gasteiger partial charge on any atom is -0.382 e. The lowest BCUT2D eigenvalue weighted by atomic mass is 9.84. The molecule has 1 aromatic heterocycles. The molecule has 39 heavy (non-hydrogen) atoms. The van der Waals surface area contributed by atoms with Gasteiger partial charge in [-0.15, -0.1) is 0 Å². The van der Waals surface area contributed by atoms with Gasteiger partial charge in [-0.1, -0.05) is 94.5 Å². The highest BCUT2D eigenvalue weighted by Gasteiger charge is 2.26. The zero-order valence-corrected chi connectivity index (χ0v) is 22.9. The molecule has 2 amide bonds. The number of carbonyl (C=O) groups is 1. The molecule has 0 bridgehead atoms. The molecule has 0 aliphatic heterocycles. The van der Waals surface area contributed by atoms with Crippen molar-refractivity contribution in [2.24, 2.45) is 16.6 Å². The van der Waals surface area contributed by atoms with Gasteiger partial charge in [0.05, 0.1) is 23.3 Å². The number of allylic oxidation sites excluding steroid dienone is 4. The fourth-order valence-corrected chi connectivity index (χ4v) is 4.80. The van der Waals surface area contributed by atoms with E-state index >= 15 is 0 Å². The number of anilines is 1. The Morgan fingerprint density at radius 1 is 0.974 bits per heavy atom. The monoisotopic (exact) mass is 523 g/mol. The molecule has 5 rings (SSSR count). The second-order valence-electron chi connectivity index (χ2n) is 10.2. The zero-order chi connectivity index (χ0) is 27.9. The molecule has 2 aliphatic carbocycles. The Kier molecular flexibility index (Phi) is 8.78. The van der Waals surface area contributed by atoms with Crippen LogP contribution in [-0.4, -0.2) is 33.6 Å². The Balaban J connectivity index is 0.000000448. The number of nitrogens with two attached hydrogens (primary N) is 2. The molecule has 8 heteroatoms. The van der Waals surface area contributed by atoms with Gasteiger partial charge in [0.15, 0.2) is 5.82 Å². The molecule has 0 spiro atoms. The minimum absolute atomic E-state index is 0.0556. The number of aliphatic imine (C=N–C) groups is 1. The van der Waals surface area contributed by atoms with Gasteiger partial charge in [0.1, 0.15) is 5.69 Å². The number of carbonyl (C=O) groups excluding carboxylic acids is 1. The van der Waals surface area contributed by atoms with Crippen LogP contribution in [0.15, 0.2) is 95.8 Å². The third-order valence-corrected chi connectivity index (χ3v) is 6.32. The first-order valence-electron chi connectivity index (χ1n) is 13.2. The number of para-hydroxylation sites is 1. The predicted molar refractivity (Wildman–Crippen MR) is 160 cm³/mol. The van der Waals surface area contributed by atoms with Gasteiger partial charge in [-0.25, -0.2) is 14.5 Å². The number of fused-ring (bicyclic) bond motifs is 1. The first-order chi connectivity index (χ1) is 18.7. The van der Waals surface area contributed by atoms with Crippen LogP contribution in [0.2, 0.25) is 0 Å². The van der Waals surface area contributed by atoms with Crippen molar-refractivity contribution in [1.29, 1.82) is 0 Å². The summed E-state index contributed by atoms with van der Waals surface area (Å²) in [6.45, 7) is 8.61. The van der Waals surface area contributed by atoms with Crippen LogP contribution in [-0.2, 0) is 0 Å². The highest BCUT2D eigenvalue weighted by atomic mass is 16.2. The quantitative estimate of drug-likeness (QED) is 0.342. The second-order valence-corrected chi connectivity index (χ2v) is 10.2. The molecule has 1 heterocycles. The van der Waals surface area contributed by atoms with Crippen molar-refractivity contribution >= 4 is 29.3 Å². The van der Waals surface area contributed by atoms with E-state index in [9.17, 15) is 4.79 Å². The number of hydrogen-bond donors (Lipinski definition) is 4. The maximum Gasteiger partial charge on any atom is 0.316 e. The Bertz CT molecular complexity index is 1410. The predicted octanol–water partition coefficient (Wildman–Crippen LogP) is 5.47. The minimum atomic E-state index is -0.645. The van der Waals surface area contributed by atoms with Crippen LogP contribution in [0.4, 0.5) is 16.3 Å². The van der Waals surface area contributed by atoms with E-state index in [0.29, 0.717) is 35.0 Å². The standard InChI is InChI=1S/C25H22N6O.C6H15N/c26-24-23(15-28-31(24)18-7-2-1-3-8-18)29-21-13-11-17(14-22(21)30-25(27)32)20-12-10-16-6-4-5-9-19(16)20;1-5(2)7-6(3)4/h1-15,17,20H,26H2,(H3,27,30,32);5-7H,1-4H3. The third-order valence-electron chi connectivity index (χ3n) is 6.32.